The third-order valence-corrected chi connectivity index (χ3v) is 3.47. The van der Waals surface area contributed by atoms with Gasteiger partial charge < -0.3 is 14.7 Å². The fourth-order valence-electron chi connectivity index (χ4n) is 2.44. The van der Waals surface area contributed by atoms with Crippen LogP contribution in [0, 0.1) is 0 Å². The molecule has 108 valence electrons. The minimum Gasteiger partial charge on any atom is -0.481 e. The van der Waals surface area contributed by atoms with Crippen LogP contribution >= 0.6 is 0 Å². The van der Waals surface area contributed by atoms with Gasteiger partial charge in [0.1, 0.15) is 11.8 Å². The summed E-state index contributed by atoms with van der Waals surface area (Å²) in [5.74, 6) is -0.594. The second-order valence-corrected chi connectivity index (χ2v) is 4.95. The predicted octanol–water partition coefficient (Wildman–Crippen LogP) is 1.92. The molecule has 1 aliphatic rings. The van der Waals surface area contributed by atoms with E-state index in [0.717, 1.165) is 12.8 Å². The van der Waals surface area contributed by atoms with Gasteiger partial charge in [0.05, 0.1) is 0 Å². The summed E-state index contributed by atoms with van der Waals surface area (Å²) < 4.78 is 5.57. The van der Waals surface area contributed by atoms with Gasteiger partial charge in [-0.3, -0.25) is 4.79 Å². The highest BCUT2D eigenvalue weighted by atomic mass is 16.5. The Labute approximate surface area is 118 Å². The monoisotopic (exact) mass is 277 g/mol. The number of amides is 1. The summed E-state index contributed by atoms with van der Waals surface area (Å²) in [5.41, 5.74) is 0. The molecule has 1 N–H and O–H groups in total. The zero-order valence-electron chi connectivity index (χ0n) is 11.5. The molecule has 20 heavy (non-hydrogen) atoms. The smallest absolute Gasteiger partial charge is 0.326 e. The van der Waals surface area contributed by atoms with Gasteiger partial charge in [0.2, 0.25) is 0 Å². The van der Waals surface area contributed by atoms with E-state index in [2.05, 4.69) is 0 Å². The Balaban J connectivity index is 2.03. The van der Waals surface area contributed by atoms with E-state index in [1.54, 1.807) is 19.1 Å². The lowest BCUT2D eigenvalue weighted by Crippen LogP contribution is -2.52. The molecule has 2 atom stereocenters. The fraction of sp³-hybridized carbons (Fsp3) is 0.467. The topological polar surface area (TPSA) is 66.8 Å². The van der Waals surface area contributed by atoms with Crippen LogP contribution in [0.5, 0.6) is 5.75 Å². The predicted molar refractivity (Wildman–Crippen MR) is 73.5 cm³/mol. The van der Waals surface area contributed by atoms with Crippen LogP contribution in [0.25, 0.3) is 0 Å². The summed E-state index contributed by atoms with van der Waals surface area (Å²) >= 11 is 0. The van der Waals surface area contributed by atoms with Gasteiger partial charge in [-0.2, -0.15) is 0 Å². The number of para-hydroxylation sites is 1. The number of nitrogens with zero attached hydrogens (tertiary/aromatic N) is 1. The number of hydrogen-bond acceptors (Lipinski definition) is 3. The molecule has 1 aromatic carbocycles. The van der Waals surface area contributed by atoms with Crippen molar-refractivity contribution in [2.75, 3.05) is 6.54 Å². The summed E-state index contributed by atoms with van der Waals surface area (Å²) in [6.07, 6.45) is 1.51. The highest BCUT2D eigenvalue weighted by Gasteiger charge is 2.34. The highest BCUT2D eigenvalue weighted by molar-refractivity contribution is 5.86. The quantitative estimate of drug-likeness (QED) is 0.913. The second-order valence-electron chi connectivity index (χ2n) is 4.95. The number of rotatable bonds is 4. The largest absolute Gasteiger partial charge is 0.481 e. The van der Waals surface area contributed by atoms with Gasteiger partial charge in [-0.25, -0.2) is 4.79 Å². The van der Waals surface area contributed by atoms with Crippen LogP contribution in [0.2, 0.25) is 0 Å². The van der Waals surface area contributed by atoms with Crippen LogP contribution in [0.3, 0.4) is 0 Å². The van der Waals surface area contributed by atoms with Gasteiger partial charge in [-0.15, -0.1) is 0 Å². The maximum absolute atomic E-state index is 12.4. The molecule has 0 saturated carbocycles. The number of ether oxygens (including phenoxy) is 1. The third-order valence-electron chi connectivity index (χ3n) is 3.47. The average molecular weight is 277 g/mol. The van der Waals surface area contributed by atoms with Gasteiger partial charge in [-0.05, 0) is 38.3 Å². The Morgan fingerprint density at radius 1 is 1.30 bits per heavy atom. The number of aliphatic carboxylic acids is 1. The molecule has 0 radical (unpaired) electrons. The van der Waals surface area contributed by atoms with Crippen molar-refractivity contribution in [1.82, 2.24) is 4.90 Å². The lowest BCUT2D eigenvalue weighted by Gasteiger charge is -2.34. The van der Waals surface area contributed by atoms with Crippen molar-refractivity contribution in [1.29, 1.82) is 0 Å². The van der Waals surface area contributed by atoms with Gasteiger partial charge in [-0.1, -0.05) is 18.2 Å². The van der Waals surface area contributed by atoms with Gasteiger partial charge in [0, 0.05) is 6.54 Å². The lowest BCUT2D eigenvalue weighted by molar-refractivity contribution is -0.155. The summed E-state index contributed by atoms with van der Waals surface area (Å²) in [6.45, 7) is 2.14. The molecule has 0 aromatic heterocycles. The maximum Gasteiger partial charge on any atom is 0.326 e. The van der Waals surface area contributed by atoms with E-state index in [4.69, 9.17) is 4.74 Å². The first-order valence-electron chi connectivity index (χ1n) is 6.84. The zero-order valence-corrected chi connectivity index (χ0v) is 11.5. The molecule has 1 aromatic rings. The van der Waals surface area contributed by atoms with E-state index >= 15 is 0 Å². The van der Waals surface area contributed by atoms with Crippen molar-refractivity contribution in [2.45, 2.75) is 38.3 Å². The number of carboxylic acid groups (broad SMARTS) is 1. The van der Waals surface area contributed by atoms with Crippen molar-refractivity contribution in [2.24, 2.45) is 0 Å². The zero-order chi connectivity index (χ0) is 14.5. The Morgan fingerprint density at radius 2 is 2.00 bits per heavy atom. The number of carboxylic acids is 1. The van der Waals surface area contributed by atoms with Crippen molar-refractivity contribution < 1.29 is 19.4 Å². The lowest BCUT2D eigenvalue weighted by atomic mass is 10.0. The molecule has 2 rings (SSSR count). The molecule has 2 unspecified atom stereocenters. The van der Waals surface area contributed by atoms with E-state index in [1.807, 2.05) is 18.2 Å². The van der Waals surface area contributed by atoms with Crippen molar-refractivity contribution in [3.05, 3.63) is 30.3 Å². The molecule has 0 spiro atoms. The van der Waals surface area contributed by atoms with E-state index in [-0.39, 0.29) is 5.91 Å². The summed E-state index contributed by atoms with van der Waals surface area (Å²) in [6, 6.07) is 8.34. The Bertz CT molecular complexity index is 474. The number of benzene rings is 1. The Hall–Kier alpha value is -2.04. The normalized spacial score (nSPS) is 20.2. The third kappa shape index (κ3) is 3.29. The summed E-state index contributed by atoms with van der Waals surface area (Å²) in [4.78, 5) is 25.0. The van der Waals surface area contributed by atoms with Crippen LogP contribution in [0.15, 0.2) is 30.3 Å². The van der Waals surface area contributed by atoms with E-state index < -0.39 is 18.1 Å². The molecule has 0 bridgehead atoms. The molecule has 1 amide bonds. The summed E-state index contributed by atoms with van der Waals surface area (Å²) in [7, 11) is 0. The molecule has 0 aliphatic carbocycles. The first kappa shape index (κ1) is 14.4. The van der Waals surface area contributed by atoms with Gasteiger partial charge in [0.25, 0.3) is 5.91 Å². The molecule has 1 aliphatic heterocycles. The molecule has 1 fully saturated rings. The van der Waals surface area contributed by atoms with Gasteiger partial charge in [0.15, 0.2) is 6.10 Å². The van der Waals surface area contributed by atoms with Crippen LogP contribution in [-0.2, 0) is 9.59 Å². The van der Waals surface area contributed by atoms with Crippen molar-refractivity contribution in [3.63, 3.8) is 0 Å². The molecule has 5 heteroatoms. The van der Waals surface area contributed by atoms with E-state index in [9.17, 15) is 14.7 Å². The number of hydrogen-bond donors (Lipinski definition) is 1. The molecule has 5 nitrogen and oxygen atoms in total. The SMILES string of the molecule is CC(Oc1ccccc1)C(=O)N1CCCCC1C(=O)O. The maximum atomic E-state index is 12.4. The average Bonchev–Trinajstić information content (AvgIpc) is 2.47. The summed E-state index contributed by atoms with van der Waals surface area (Å²) in [5, 5.41) is 9.19. The number of carbonyl (C=O) groups excluding carboxylic acids is 1. The number of carbonyl (C=O) groups is 2. The number of piperidine rings is 1. The van der Waals surface area contributed by atoms with Crippen LogP contribution in [0.1, 0.15) is 26.2 Å². The van der Waals surface area contributed by atoms with Crippen molar-refractivity contribution in [3.8, 4) is 5.75 Å². The molecular weight excluding hydrogens is 258 g/mol. The fourth-order valence-corrected chi connectivity index (χ4v) is 2.44. The van der Waals surface area contributed by atoms with Crippen molar-refractivity contribution >= 4 is 11.9 Å². The molecule has 1 heterocycles. The highest BCUT2D eigenvalue weighted by Crippen LogP contribution is 2.20. The van der Waals surface area contributed by atoms with E-state index in [1.165, 1.54) is 4.90 Å². The molecule has 1 saturated heterocycles. The molecular formula is C15H19NO4. The first-order valence-corrected chi connectivity index (χ1v) is 6.84. The van der Waals surface area contributed by atoms with E-state index in [0.29, 0.717) is 18.7 Å². The second kappa shape index (κ2) is 6.41. The van der Waals surface area contributed by atoms with Crippen LogP contribution in [0.4, 0.5) is 0 Å². The minimum atomic E-state index is -0.940. The standard InChI is InChI=1S/C15H19NO4/c1-11(20-12-7-3-2-4-8-12)14(17)16-10-6-5-9-13(16)15(18)19/h2-4,7-8,11,13H,5-6,9-10H2,1H3,(H,18,19). The number of likely N-dealkylation sites (tertiary alicyclic amines) is 1. The van der Waals surface area contributed by atoms with Gasteiger partial charge >= 0.3 is 5.97 Å². The Kier molecular flexibility index (Phi) is 4.61. The van der Waals surface area contributed by atoms with Crippen LogP contribution in [-0.4, -0.2) is 40.6 Å². The van der Waals surface area contributed by atoms with Crippen LogP contribution < -0.4 is 4.74 Å². The Morgan fingerprint density at radius 3 is 2.65 bits per heavy atom. The minimum absolute atomic E-state index is 0.263. The first-order chi connectivity index (χ1) is 9.59.